The van der Waals surface area contributed by atoms with Gasteiger partial charge in [0, 0.05) is 6.07 Å². The molecule has 4 rings (SSSR count). The standard InChI is InChI=1S/C28H33ClF3NO3/c1-28(2,3)36-27(34)21-13-20(18-4-5-18)26(14-24(21)32)35-16-17-8-10-33(11-9-17)25(15-30)19-6-7-23(31)22(29)12-19/h6-7,12-14,17-18,25H,4-5,8-11,15-16H2,1-3H3. The number of halogens is 4. The van der Waals surface area contributed by atoms with Gasteiger partial charge in [-0.3, -0.25) is 4.90 Å². The number of nitrogens with zero attached hydrogens (tertiary/aromatic N) is 1. The van der Waals surface area contributed by atoms with Crippen molar-refractivity contribution in [2.45, 2.75) is 64.0 Å². The number of benzene rings is 2. The lowest BCUT2D eigenvalue weighted by atomic mass is 9.95. The van der Waals surface area contributed by atoms with Crippen LogP contribution >= 0.6 is 11.6 Å². The van der Waals surface area contributed by atoms with Gasteiger partial charge < -0.3 is 9.47 Å². The average molecular weight is 524 g/mol. The Morgan fingerprint density at radius 2 is 1.78 bits per heavy atom. The van der Waals surface area contributed by atoms with Crippen molar-refractivity contribution < 1.29 is 27.4 Å². The average Bonchev–Trinajstić information content (AvgIpc) is 3.65. The largest absolute Gasteiger partial charge is 0.493 e. The van der Waals surface area contributed by atoms with Crippen LogP contribution in [0.3, 0.4) is 0 Å². The fourth-order valence-electron chi connectivity index (χ4n) is 4.66. The van der Waals surface area contributed by atoms with Crippen LogP contribution in [-0.4, -0.2) is 42.8 Å². The quantitative estimate of drug-likeness (QED) is 0.341. The molecule has 1 saturated carbocycles. The molecule has 0 aromatic heterocycles. The molecule has 2 aromatic carbocycles. The normalized spacial score (nSPS) is 18.2. The molecule has 1 atom stereocenters. The third-order valence-corrected chi connectivity index (χ3v) is 7.06. The highest BCUT2D eigenvalue weighted by Gasteiger charge is 2.32. The maximum Gasteiger partial charge on any atom is 0.341 e. The van der Waals surface area contributed by atoms with Gasteiger partial charge >= 0.3 is 5.97 Å². The number of alkyl halides is 1. The second-order valence-electron chi connectivity index (χ2n) is 10.8. The van der Waals surface area contributed by atoms with Gasteiger partial charge in [0.15, 0.2) is 0 Å². The first-order valence-corrected chi connectivity index (χ1v) is 12.9. The van der Waals surface area contributed by atoms with Gasteiger partial charge in [-0.2, -0.15) is 0 Å². The molecule has 0 radical (unpaired) electrons. The predicted molar refractivity (Wildman–Crippen MR) is 133 cm³/mol. The summed E-state index contributed by atoms with van der Waals surface area (Å²) >= 11 is 5.90. The van der Waals surface area contributed by atoms with Crippen molar-refractivity contribution in [3.8, 4) is 5.75 Å². The number of likely N-dealkylation sites (tertiary alicyclic amines) is 1. The fourth-order valence-corrected chi connectivity index (χ4v) is 4.84. The smallest absolute Gasteiger partial charge is 0.341 e. The lowest BCUT2D eigenvalue weighted by Gasteiger charge is -2.36. The van der Waals surface area contributed by atoms with Crippen LogP contribution in [0.5, 0.6) is 5.75 Å². The van der Waals surface area contributed by atoms with Crippen molar-refractivity contribution in [3.05, 3.63) is 63.7 Å². The molecule has 0 spiro atoms. The van der Waals surface area contributed by atoms with E-state index < -0.39 is 35.9 Å². The Hall–Kier alpha value is -2.25. The van der Waals surface area contributed by atoms with Crippen molar-refractivity contribution >= 4 is 17.6 Å². The van der Waals surface area contributed by atoms with Gasteiger partial charge in [-0.25, -0.2) is 18.0 Å². The zero-order chi connectivity index (χ0) is 26.0. The highest BCUT2D eigenvalue weighted by Crippen LogP contribution is 2.45. The van der Waals surface area contributed by atoms with E-state index in [0.29, 0.717) is 31.0 Å². The van der Waals surface area contributed by atoms with Crippen LogP contribution in [0.2, 0.25) is 5.02 Å². The van der Waals surface area contributed by atoms with E-state index in [0.717, 1.165) is 31.2 Å². The number of ether oxygens (including phenoxy) is 2. The van der Waals surface area contributed by atoms with Crippen molar-refractivity contribution in [2.75, 3.05) is 26.4 Å². The van der Waals surface area contributed by atoms with Gasteiger partial charge in [0.2, 0.25) is 0 Å². The van der Waals surface area contributed by atoms with E-state index in [1.165, 1.54) is 18.2 Å². The highest BCUT2D eigenvalue weighted by molar-refractivity contribution is 6.30. The van der Waals surface area contributed by atoms with Crippen LogP contribution in [0.15, 0.2) is 30.3 Å². The van der Waals surface area contributed by atoms with E-state index in [2.05, 4.69) is 0 Å². The van der Waals surface area contributed by atoms with Crippen LogP contribution in [-0.2, 0) is 4.74 Å². The molecule has 1 saturated heterocycles. The van der Waals surface area contributed by atoms with Gasteiger partial charge in [-0.1, -0.05) is 17.7 Å². The minimum Gasteiger partial charge on any atom is -0.493 e. The number of hydrogen-bond donors (Lipinski definition) is 0. The molecule has 2 aliphatic rings. The number of carbonyl (C=O) groups excluding carboxylic acids is 1. The fraction of sp³-hybridized carbons (Fsp3) is 0.536. The summed E-state index contributed by atoms with van der Waals surface area (Å²) in [6.45, 7) is 6.41. The number of esters is 1. The monoisotopic (exact) mass is 523 g/mol. The maximum atomic E-state index is 14.8. The molecule has 0 N–H and O–H groups in total. The van der Waals surface area contributed by atoms with Crippen LogP contribution in [0, 0.1) is 17.6 Å². The predicted octanol–water partition coefficient (Wildman–Crippen LogP) is 7.25. The van der Waals surface area contributed by atoms with E-state index >= 15 is 0 Å². The lowest BCUT2D eigenvalue weighted by Crippen LogP contribution is -2.39. The molecule has 4 nitrogen and oxygen atoms in total. The third-order valence-electron chi connectivity index (χ3n) is 6.77. The molecular formula is C28H33ClF3NO3. The maximum absolute atomic E-state index is 14.8. The van der Waals surface area contributed by atoms with E-state index in [-0.39, 0.29) is 22.4 Å². The summed E-state index contributed by atoms with van der Waals surface area (Å²) in [5.41, 5.74) is 0.733. The van der Waals surface area contributed by atoms with Crippen molar-refractivity contribution in [1.29, 1.82) is 0 Å². The van der Waals surface area contributed by atoms with Crippen LogP contribution in [0.1, 0.15) is 79.9 Å². The molecule has 1 heterocycles. The summed E-state index contributed by atoms with van der Waals surface area (Å²) in [6.07, 6.45) is 3.55. The molecule has 8 heteroatoms. The Balaban J connectivity index is 1.38. The number of rotatable bonds is 8. The first kappa shape index (κ1) is 26.8. The lowest BCUT2D eigenvalue weighted by molar-refractivity contribution is 0.00644. The van der Waals surface area contributed by atoms with E-state index in [1.54, 1.807) is 32.9 Å². The number of piperidine rings is 1. The minimum atomic E-state index is -0.711. The first-order chi connectivity index (χ1) is 17.1. The van der Waals surface area contributed by atoms with E-state index in [9.17, 15) is 18.0 Å². The number of hydrogen-bond acceptors (Lipinski definition) is 4. The topological polar surface area (TPSA) is 38.8 Å². The summed E-state index contributed by atoms with van der Waals surface area (Å²) in [5.74, 6) is -0.870. The van der Waals surface area contributed by atoms with Crippen LogP contribution in [0.25, 0.3) is 0 Å². The number of carbonyl (C=O) groups is 1. The molecule has 2 fully saturated rings. The van der Waals surface area contributed by atoms with Gasteiger partial charge in [0.1, 0.15) is 29.7 Å². The molecule has 1 aliphatic carbocycles. The second kappa shape index (κ2) is 11.0. The molecule has 2 aromatic rings. The van der Waals surface area contributed by atoms with Gasteiger partial charge in [0.05, 0.1) is 23.2 Å². The second-order valence-corrected chi connectivity index (χ2v) is 11.2. The summed E-state index contributed by atoms with van der Waals surface area (Å²) in [5, 5.41) is -0.00868. The van der Waals surface area contributed by atoms with Gasteiger partial charge in [-0.15, -0.1) is 0 Å². The van der Waals surface area contributed by atoms with Gasteiger partial charge in [-0.05, 0) is 101 Å². The van der Waals surface area contributed by atoms with E-state index in [1.807, 2.05) is 4.90 Å². The molecule has 196 valence electrons. The van der Waals surface area contributed by atoms with Crippen molar-refractivity contribution in [1.82, 2.24) is 4.90 Å². The molecule has 0 amide bonds. The summed E-state index contributed by atoms with van der Waals surface area (Å²) < 4.78 is 53.7. The Morgan fingerprint density at radius 3 is 2.36 bits per heavy atom. The van der Waals surface area contributed by atoms with Crippen molar-refractivity contribution in [3.63, 3.8) is 0 Å². The molecule has 1 unspecified atom stereocenters. The summed E-state index contributed by atoms with van der Waals surface area (Å²) in [7, 11) is 0. The minimum absolute atomic E-state index is 0.00868. The molecule has 36 heavy (non-hydrogen) atoms. The summed E-state index contributed by atoms with van der Waals surface area (Å²) in [6, 6.07) is 6.76. The molecular weight excluding hydrogens is 491 g/mol. The highest BCUT2D eigenvalue weighted by atomic mass is 35.5. The molecule has 1 aliphatic heterocycles. The van der Waals surface area contributed by atoms with E-state index in [4.69, 9.17) is 21.1 Å². The third kappa shape index (κ3) is 6.54. The zero-order valence-corrected chi connectivity index (χ0v) is 21.7. The SMILES string of the molecule is CC(C)(C)OC(=O)c1cc(C2CC2)c(OCC2CCN(C(CF)c3ccc(F)c(Cl)c3)CC2)cc1F. The zero-order valence-electron chi connectivity index (χ0n) is 21.0. The Kier molecular flexibility index (Phi) is 8.20. The van der Waals surface area contributed by atoms with Crippen molar-refractivity contribution in [2.24, 2.45) is 5.92 Å². The Labute approximate surface area is 215 Å². The Bertz CT molecular complexity index is 1090. The van der Waals surface area contributed by atoms with Crippen LogP contribution in [0.4, 0.5) is 13.2 Å². The van der Waals surface area contributed by atoms with Crippen LogP contribution < -0.4 is 4.74 Å². The first-order valence-electron chi connectivity index (χ1n) is 12.5. The molecule has 0 bridgehead atoms. The summed E-state index contributed by atoms with van der Waals surface area (Å²) in [4.78, 5) is 14.5. The Morgan fingerprint density at radius 1 is 1.08 bits per heavy atom. The van der Waals surface area contributed by atoms with Gasteiger partial charge in [0.25, 0.3) is 0 Å².